The Morgan fingerprint density at radius 2 is 1.88 bits per heavy atom. The van der Waals surface area contributed by atoms with Crippen molar-refractivity contribution >= 4 is 28.4 Å². The lowest BCUT2D eigenvalue weighted by Gasteiger charge is -2.07. The highest BCUT2D eigenvalue weighted by molar-refractivity contribution is 7.98. The Morgan fingerprint density at radius 1 is 1.08 bits per heavy atom. The molecule has 126 valence electrons. The molecule has 25 heavy (non-hydrogen) atoms. The maximum Gasteiger partial charge on any atom is 0.321 e. The van der Waals surface area contributed by atoms with Gasteiger partial charge in [-0.25, -0.2) is 9.97 Å². The Bertz CT molecular complexity index is 1120. The first-order chi connectivity index (χ1) is 12.1. The third-order valence-corrected chi connectivity index (χ3v) is 4.72. The first kappa shape index (κ1) is 15.8. The average Bonchev–Trinajstić information content (AvgIpc) is 2.98. The summed E-state index contributed by atoms with van der Waals surface area (Å²) in [5.74, 6) is 0.274. The highest BCUT2D eigenvalue weighted by atomic mass is 32.2. The van der Waals surface area contributed by atoms with E-state index in [1.54, 1.807) is 48.7 Å². The van der Waals surface area contributed by atoms with Gasteiger partial charge in [0.25, 0.3) is 5.56 Å². The normalized spacial score (nSPS) is 11.6. The number of pyridine rings is 1. The van der Waals surface area contributed by atoms with Crippen molar-refractivity contribution in [2.45, 2.75) is 17.5 Å². The molecule has 8 heteroatoms. The highest BCUT2D eigenvalue weighted by Gasteiger charge is 2.18. The number of thioether (sulfide) groups is 1. The highest BCUT2D eigenvalue weighted by Crippen LogP contribution is 2.30. The molecule has 0 radical (unpaired) electrons. The fourth-order valence-corrected chi connectivity index (χ4v) is 3.53. The van der Waals surface area contributed by atoms with Crippen LogP contribution in [0.5, 0.6) is 0 Å². The van der Waals surface area contributed by atoms with Crippen LogP contribution in [0.2, 0.25) is 0 Å². The molecule has 0 saturated carbocycles. The molecule has 4 rings (SSSR count). The molecule has 0 fully saturated rings. The number of aromatic nitrogens is 4. The van der Waals surface area contributed by atoms with Crippen LogP contribution in [0.4, 0.5) is 8.78 Å². The molecule has 0 saturated heterocycles. The molecule has 0 spiro atoms. The van der Waals surface area contributed by atoms with Crippen LogP contribution >= 0.6 is 11.8 Å². The molecule has 0 bridgehead atoms. The van der Waals surface area contributed by atoms with Crippen LogP contribution < -0.4 is 5.56 Å². The van der Waals surface area contributed by atoms with E-state index in [0.29, 0.717) is 22.4 Å². The van der Waals surface area contributed by atoms with Crippen molar-refractivity contribution in [2.75, 3.05) is 0 Å². The average molecular weight is 358 g/mol. The molecule has 0 aliphatic rings. The summed E-state index contributed by atoms with van der Waals surface area (Å²) in [4.78, 5) is 20.8. The Morgan fingerprint density at radius 3 is 2.72 bits per heavy atom. The van der Waals surface area contributed by atoms with Gasteiger partial charge in [-0.15, -0.1) is 0 Å². The number of hydrogen-bond donors (Lipinski definition) is 0. The fourth-order valence-electron chi connectivity index (χ4n) is 2.63. The lowest BCUT2D eigenvalue weighted by atomic mass is 10.3. The molecule has 3 aromatic heterocycles. The minimum atomic E-state index is -2.69. The Balaban J connectivity index is 1.69. The van der Waals surface area contributed by atoms with E-state index in [9.17, 15) is 13.6 Å². The van der Waals surface area contributed by atoms with Crippen LogP contribution in [-0.4, -0.2) is 18.9 Å². The number of halogens is 2. The van der Waals surface area contributed by atoms with Gasteiger partial charge in [0.15, 0.2) is 5.16 Å². The second-order valence-corrected chi connectivity index (χ2v) is 6.28. The zero-order valence-corrected chi connectivity index (χ0v) is 13.7. The molecule has 0 aliphatic heterocycles. The van der Waals surface area contributed by atoms with Gasteiger partial charge in [0.1, 0.15) is 5.65 Å². The van der Waals surface area contributed by atoms with Crippen LogP contribution in [0.25, 0.3) is 16.7 Å². The summed E-state index contributed by atoms with van der Waals surface area (Å²) >= 11 is 1.13. The second kappa shape index (κ2) is 6.29. The topological polar surface area (TPSA) is 52.2 Å². The molecule has 0 N–H and O–H groups in total. The van der Waals surface area contributed by atoms with Gasteiger partial charge >= 0.3 is 6.55 Å². The van der Waals surface area contributed by atoms with Crippen LogP contribution in [0, 0.1) is 0 Å². The van der Waals surface area contributed by atoms with Crippen molar-refractivity contribution < 1.29 is 8.78 Å². The molecule has 5 nitrogen and oxygen atoms in total. The van der Waals surface area contributed by atoms with Crippen LogP contribution in [0.15, 0.2) is 64.7 Å². The van der Waals surface area contributed by atoms with Crippen LogP contribution in [0.1, 0.15) is 12.2 Å². The quantitative estimate of drug-likeness (QED) is 0.522. The van der Waals surface area contributed by atoms with Gasteiger partial charge in [-0.1, -0.05) is 30.0 Å². The fraction of sp³-hybridized carbons (Fsp3) is 0.118. The van der Waals surface area contributed by atoms with E-state index in [0.717, 1.165) is 16.3 Å². The SMILES string of the molecule is O=c1cc(CSc2nc3ccccc3n2C(F)F)nc2ccccn12. The molecule has 0 amide bonds. The molecular formula is C17H12F2N4OS. The smallest absolute Gasteiger partial charge is 0.269 e. The standard InChI is InChI=1S/C17H12F2N4OS/c18-16(19)23-13-6-2-1-5-12(13)21-17(23)25-10-11-9-15(24)22-8-4-3-7-14(22)20-11/h1-9,16H,10H2. The minimum Gasteiger partial charge on any atom is -0.269 e. The van der Waals surface area contributed by atoms with Crippen molar-refractivity contribution in [1.29, 1.82) is 0 Å². The molecular weight excluding hydrogens is 346 g/mol. The summed E-state index contributed by atoms with van der Waals surface area (Å²) in [5, 5.41) is 0.200. The summed E-state index contributed by atoms with van der Waals surface area (Å²) in [6.07, 6.45) is 1.64. The summed E-state index contributed by atoms with van der Waals surface area (Å²) in [7, 11) is 0. The lowest BCUT2D eigenvalue weighted by molar-refractivity contribution is 0.0656. The van der Waals surface area contributed by atoms with Gasteiger partial charge in [0.2, 0.25) is 0 Å². The Hall–Kier alpha value is -2.74. The summed E-state index contributed by atoms with van der Waals surface area (Å²) < 4.78 is 29.2. The number of nitrogens with zero attached hydrogens (tertiary/aromatic N) is 4. The maximum absolute atomic E-state index is 13.4. The van der Waals surface area contributed by atoms with Crippen molar-refractivity contribution in [3.8, 4) is 0 Å². The number of hydrogen-bond acceptors (Lipinski definition) is 4. The molecule has 1 aromatic carbocycles. The Kier molecular flexibility index (Phi) is 3.96. The van der Waals surface area contributed by atoms with Gasteiger partial charge in [0, 0.05) is 18.0 Å². The summed E-state index contributed by atoms with van der Waals surface area (Å²) in [6.45, 7) is -2.69. The van der Waals surface area contributed by atoms with Gasteiger partial charge < -0.3 is 0 Å². The Labute approximate surface area is 145 Å². The predicted octanol–water partition coefficient (Wildman–Crippen LogP) is 3.73. The third kappa shape index (κ3) is 2.89. The number of alkyl halides is 2. The zero-order valence-electron chi connectivity index (χ0n) is 12.8. The third-order valence-electron chi connectivity index (χ3n) is 3.73. The predicted molar refractivity (Wildman–Crippen MR) is 92.0 cm³/mol. The summed E-state index contributed by atoms with van der Waals surface area (Å²) in [5.41, 5.74) is 1.73. The first-order valence-electron chi connectivity index (χ1n) is 7.49. The first-order valence-corrected chi connectivity index (χ1v) is 8.47. The van der Waals surface area contributed by atoms with E-state index in [-0.39, 0.29) is 16.5 Å². The van der Waals surface area contributed by atoms with Crippen molar-refractivity contribution in [3.63, 3.8) is 0 Å². The minimum absolute atomic E-state index is 0.200. The van der Waals surface area contributed by atoms with Gasteiger partial charge in [-0.2, -0.15) is 8.78 Å². The van der Waals surface area contributed by atoms with Crippen molar-refractivity contribution in [2.24, 2.45) is 0 Å². The molecule has 3 heterocycles. The van der Waals surface area contributed by atoms with Gasteiger partial charge in [-0.3, -0.25) is 13.8 Å². The number of fused-ring (bicyclic) bond motifs is 2. The van der Waals surface area contributed by atoms with Crippen LogP contribution in [0.3, 0.4) is 0 Å². The molecule has 0 unspecified atom stereocenters. The number of para-hydroxylation sites is 2. The zero-order chi connectivity index (χ0) is 17.4. The van der Waals surface area contributed by atoms with Crippen molar-refractivity contribution in [1.82, 2.24) is 18.9 Å². The van der Waals surface area contributed by atoms with Crippen molar-refractivity contribution in [3.05, 3.63) is 70.8 Å². The van der Waals surface area contributed by atoms with Gasteiger partial charge in [0.05, 0.1) is 16.7 Å². The lowest BCUT2D eigenvalue weighted by Crippen LogP contribution is -2.14. The maximum atomic E-state index is 13.4. The second-order valence-electron chi connectivity index (χ2n) is 5.33. The van der Waals surface area contributed by atoms with E-state index in [2.05, 4.69) is 9.97 Å². The molecule has 0 aliphatic carbocycles. The van der Waals surface area contributed by atoms with E-state index in [1.807, 2.05) is 0 Å². The molecule has 4 aromatic rings. The number of rotatable bonds is 4. The molecule has 0 atom stereocenters. The largest absolute Gasteiger partial charge is 0.321 e. The summed E-state index contributed by atoms with van der Waals surface area (Å²) in [6, 6.07) is 13.4. The van der Waals surface area contributed by atoms with Crippen LogP contribution in [-0.2, 0) is 5.75 Å². The van der Waals surface area contributed by atoms with E-state index in [4.69, 9.17) is 0 Å². The number of benzene rings is 1. The number of imidazole rings is 1. The van der Waals surface area contributed by atoms with E-state index >= 15 is 0 Å². The van der Waals surface area contributed by atoms with E-state index < -0.39 is 6.55 Å². The monoisotopic (exact) mass is 358 g/mol. The van der Waals surface area contributed by atoms with Gasteiger partial charge in [-0.05, 0) is 24.3 Å². The van der Waals surface area contributed by atoms with E-state index in [1.165, 1.54) is 10.5 Å².